The van der Waals surface area contributed by atoms with Crippen molar-refractivity contribution in [3.63, 3.8) is 0 Å². The minimum Gasteiger partial charge on any atom is -0.370 e. The molecule has 0 radical (unpaired) electrons. The van der Waals surface area contributed by atoms with Gasteiger partial charge in [0.2, 0.25) is 5.91 Å². The summed E-state index contributed by atoms with van der Waals surface area (Å²) < 4.78 is 0. The van der Waals surface area contributed by atoms with Crippen LogP contribution in [0.25, 0.3) is 0 Å². The van der Waals surface area contributed by atoms with E-state index in [2.05, 4.69) is 17.6 Å². The van der Waals surface area contributed by atoms with Crippen molar-refractivity contribution >= 4 is 24.5 Å². The molecule has 6 heteroatoms. The van der Waals surface area contributed by atoms with Crippen molar-refractivity contribution in [2.75, 3.05) is 5.75 Å². The number of nitrogens with zero attached hydrogens (tertiary/aromatic N) is 1. The minimum absolute atomic E-state index is 0.155. The number of primary amides is 1. The number of thiol groups is 1. The third-order valence-electron chi connectivity index (χ3n) is 0.806. The second-order valence-electron chi connectivity index (χ2n) is 1.65. The quantitative estimate of drug-likeness (QED) is 0.220. The molecular formula is C4H10N4OS. The molecule has 0 heterocycles. The molecule has 1 atom stereocenters. The van der Waals surface area contributed by atoms with Gasteiger partial charge in [0.15, 0.2) is 5.96 Å². The normalized spacial score (nSPS) is 12.1. The van der Waals surface area contributed by atoms with Crippen LogP contribution in [-0.4, -0.2) is 23.7 Å². The summed E-state index contributed by atoms with van der Waals surface area (Å²) in [6, 6.07) is -0.715. The molecule has 0 aliphatic heterocycles. The number of rotatable bonds is 3. The second kappa shape index (κ2) is 3.99. The summed E-state index contributed by atoms with van der Waals surface area (Å²) in [6.07, 6.45) is 0. The predicted octanol–water partition coefficient (Wildman–Crippen LogP) is -1.96. The van der Waals surface area contributed by atoms with Crippen molar-refractivity contribution < 1.29 is 4.79 Å². The molecule has 0 saturated heterocycles. The van der Waals surface area contributed by atoms with Gasteiger partial charge in [0.25, 0.3) is 0 Å². The number of carbonyl (C=O) groups excluding carboxylic acids is 1. The highest BCUT2D eigenvalue weighted by Gasteiger charge is 2.10. The maximum atomic E-state index is 10.4. The number of carbonyl (C=O) groups is 1. The molecule has 58 valence electrons. The van der Waals surface area contributed by atoms with Gasteiger partial charge in [-0.1, -0.05) is 0 Å². The van der Waals surface area contributed by atoms with Crippen LogP contribution in [0.4, 0.5) is 0 Å². The molecule has 0 aromatic carbocycles. The van der Waals surface area contributed by atoms with Crippen molar-refractivity contribution in [3.05, 3.63) is 0 Å². The fraction of sp³-hybridized carbons (Fsp3) is 0.500. The Morgan fingerprint density at radius 2 is 2.00 bits per heavy atom. The fourth-order valence-corrected chi connectivity index (χ4v) is 0.636. The molecule has 0 aromatic heterocycles. The van der Waals surface area contributed by atoms with Gasteiger partial charge < -0.3 is 17.2 Å². The van der Waals surface area contributed by atoms with Crippen LogP contribution in [0.1, 0.15) is 0 Å². The third kappa shape index (κ3) is 3.18. The van der Waals surface area contributed by atoms with E-state index in [1.165, 1.54) is 0 Å². The lowest BCUT2D eigenvalue weighted by atomic mass is 10.3. The summed E-state index contributed by atoms with van der Waals surface area (Å²) in [5.41, 5.74) is 14.9. The van der Waals surface area contributed by atoms with Crippen molar-refractivity contribution in [1.29, 1.82) is 0 Å². The predicted molar refractivity (Wildman–Crippen MR) is 42.6 cm³/mol. The zero-order chi connectivity index (χ0) is 8.15. The van der Waals surface area contributed by atoms with Crippen LogP contribution < -0.4 is 17.2 Å². The van der Waals surface area contributed by atoms with Gasteiger partial charge in [0.05, 0.1) is 0 Å². The van der Waals surface area contributed by atoms with Gasteiger partial charge in [-0.05, 0) is 0 Å². The molecule has 1 amide bonds. The van der Waals surface area contributed by atoms with Crippen molar-refractivity contribution in [1.82, 2.24) is 0 Å². The SMILES string of the molecule is NC(=O)[C@H](CS)N=C(N)N. The Balaban J connectivity index is 4.09. The van der Waals surface area contributed by atoms with Gasteiger partial charge in [0.1, 0.15) is 6.04 Å². The van der Waals surface area contributed by atoms with E-state index in [1.54, 1.807) is 0 Å². The summed E-state index contributed by atoms with van der Waals surface area (Å²) in [4.78, 5) is 13.9. The Hall–Kier alpha value is -0.910. The molecule has 0 aromatic rings. The number of amides is 1. The minimum atomic E-state index is -0.715. The largest absolute Gasteiger partial charge is 0.370 e. The van der Waals surface area contributed by atoms with Gasteiger partial charge in [-0.2, -0.15) is 12.6 Å². The Bertz CT molecular complexity index is 153. The van der Waals surface area contributed by atoms with E-state index in [-0.39, 0.29) is 11.7 Å². The van der Waals surface area contributed by atoms with Gasteiger partial charge in [-0.15, -0.1) is 0 Å². The molecule has 6 N–H and O–H groups in total. The zero-order valence-corrected chi connectivity index (χ0v) is 6.21. The molecular weight excluding hydrogens is 152 g/mol. The molecule has 0 rings (SSSR count). The highest BCUT2D eigenvalue weighted by atomic mass is 32.1. The summed E-state index contributed by atoms with van der Waals surface area (Å²) in [5, 5.41) is 0. The maximum Gasteiger partial charge on any atom is 0.243 e. The highest BCUT2D eigenvalue weighted by molar-refractivity contribution is 7.80. The number of hydrogen-bond donors (Lipinski definition) is 4. The molecule has 0 unspecified atom stereocenters. The lowest BCUT2D eigenvalue weighted by Gasteiger charge is -2.02. The van der Waals surface area contributed by atoms with Crippen molar-refractivity contribution in [3.8, 4) is 0 Å². The summed E-state index contributed by atoms with van der Waals surface area (Å²) in [7, 11) is 0. The number of guanidine groups is 1. The smallest absolute Gasteiger partial charge is 0.243 e. The topological polar surface area (TPSA) is 107 Å². The average molecular weight is 162 g/mol. The second-order valence-corrected chi connectivity index (χ2v) is 2.02. The number of hydrogen-bond acceptors (Lipinski definition) is 3. The monoisotopic (exact) mass is 162 g/mol. The standard InChI is InChI=1S/C4H10N4OS/c5-3(9)2(1-10)8-4(6)7/h2,10H,1H2,(H2,5,9)(H4,6,7,8)/t2-/m0/s1. The van der Waals surface area contributed by atoms with Crippen LogP contribution >= 0.6 is 12.6 Å². The van der Waals surface area contributed by atoms with Crippen LogP contribution in [-0.2, 0) is 4.79 Å². The Kier molecular flexibility index (Phi) is 3.63. The molecule has 0 fully saturated rings. The van der Waals surface area contributed by atoms with E-state index < -0.39 is 11.9 Å². The molecule has 0 aliphatic rings. The van der Waals surface area contributed by atoms with Crippen LogP contribution in [0, 0.1) is 0 Å². The Morgan fingerprint density at radius 3 is 2.10 bits per heavy atom. The first-order chi connectivity index (χ1) is 4.57. The van der Waals surface area contributed by atoms with E-state index >= 15 is 0 Å². The lowest BCUT2D eigenvalue weighted by Crippen LogP contribution is -2.33. The van der Waals surface area contributed by atoms with Crippen LogP contribution in [0.3, 0.4) is 0 Å². The van der Waals surface area contributed by atoms with Crippen LogP contribution in [0.15, 0.2) is 4.99 Å². The first-order valence-corrected chi connectivity index (χ1v) is 3.20. The van der Waals surface area contributed by atoms with E-state index in [0.29, 0.717) is 0 Å². The molecule has 0 spiro atoms. The van der Waals surface area contributed by atoms with Crippen LogP contribution in [0.5, 0.6) is 0 Å². The molecule has 0 bridgehead atoms. The van der Waals surface area contributed by atoms with Gasteiger partial charge in [-0.25, -0.2) is 4.99 Å². The van der Waals surface area contributed by atoms with Crippen molar-refractivity contribution in [2.45, 2.75) is 6.04 Å². The van der Waals surface area contributed by atoms with Crippen molar-refractivity contribution in [2.24, 2.45) is 22.2 Å². The van der Waals surface area contributed by atoms with E-state index in [4.69, 9.17) is 17.2 Å². The van der Waals surface area contributed by atoms with Crippen LogP contribution in [0.2, 0.25) is 0 Å². The third-order valence-corrected chi connectivity index (χ3v) is 1.15. The average Bonchev–Trinajstić information content (AvgIpc) is 1.81. The maximum absolute atomic E-state index is 10.4. The lowest BCUT2D eigenvalue weighted by molar-refractivity contribution is -0.118. The Labute approximate surface area is 64.1 Å². The number of nitrogens with two attached hydrogens (primary N) is 3. The first kappa shape index (κ1) is 9.09. The van der Waals surface area contributed by atoms with Gasteiger partial charge in [-0.3, -0.25) is 4.79 Å². The highest BCUT2D eigenvalue weighted by Crippen LogP contribution is 1.91. The summed E-state index contributed by atoms with van der Waals surface area (Å²) in [6.45, 7) is 0. The number of aliphatic imine (C=N–C) groups is 1. The first-order valence-electron chi connectivity index (χ1n) is 2.57. The fourth-order valence-electron chi connectivity index (χ4n) is 0.374. The molecule has 5 nitrogen and oxygen atoms in total. The van der Waals surface area contributed by atoms with E-state index in [9.17, 15) is 4.79 Å². The molecule has 0 saturated carbocycles. The molecule has 10 heavy (non-hydrogen) atoms. The van der Waals surface area contributed by atoms with E-state index in [0.717, 1.165) is 0 Å². The summed E-state index contributed by atoms with van der Waals surface area (Å²) in [5.74, 6) is -0.519. The molecule has 0 aliphatic carbocycles. The summed E-state index contributed by atoms with van der Waals surface area (Å²) >= 11 is 3.81. The Morgan fingerprint density at radius 1 is 1.50 bits per heavy atom. The zero-order valence-electron chi connectivity index (χ0n) is 5.32. The van der Waals surface area contributed by atoms with Gasteiger partial charge in [0, 0.05) is 5.75 Å². The van der Waals surface area contributed by atoms with E-state index in [1.807, 2.05) is 0 Å². The van der Waals surface area contributed by atoms with Gasteiger partial charge >= 0.3 is 0 Å².